The molecule has 1 heterocycles. The van der Waals surface area contributed by atoms with Crippen molar-refractivity contribution in [2.75, 3.05) is 38.6 Å². The molecule has 1 aliphatic heterocycles. The molecule has 1 fully saturated rings. The van der Waals surface area contributed by atoms with Crippen LogP contribution >= 0.6 is 0 Å². The first-order valence-electron chi connectivity index (χ1n) is 11.8. The topological polar surface area (TPSA) is 97.0 Å². The number of nitrogens with zero attached hydrogens (tertiary/aromatic N) is 1. The van der Waals surface area contributed by atoms with Crippen molar-refractivity contribution in [3.8, 4) is 11.5 Å². The predicted octanol–water partition coefficient (Wildman–Crippen LogP) is 4.07. The molecule has 1 amide bonds. The van der Waals surface area contributed by atoms with E-state index in [2.05, 4.69) is 14.9 Å². The van der Waals surface area contributed by atoms with Crippen LogP contribution in [0.4, 0.5) is 5.69 Å². The average molecular weight is 510 g/mol. The summed E-state index contributed by atoms with van der Waals surface area (Å²) in [4.78, 5) is 15.4. The Kier molecular flexibility index (Phi) is 8.12. The minimum Gasteiger partial charge on any atom is -0.496 e. The number of amides is 1. The lowest BCUT2D eigenvalue weighted by molar-refractivity contribution is 0.0937. The van der Waals surface area contributed by atoms with Gasteiger partial charge in [0.05, 0.1) is 30.8 Å². The Balaban J connectivity index is 1.51. The van der Waals surface area contributed by atoms with Gasteiger partial charge in [-0.3, -0.25) is 14.4 Å². The van der Waals surface area contributed by atoms with Gasteiger partial charge >= 0.3 is 0 Å². The summed E-state index contributed by atoms with van der Waals surface area (Å²) in [5, 5.41) is 3.00. The van der Waals surface area contributed by atoms with Crippen molar-refractivity contribution in [2.24, 2.45) is 0 Å². The maximum Gasteiger partial charge on any atom is 0.262 e. The molecule has 8 nitrogen and oxygen atoms in total. The highest BCUT2D eigenvalue weighted by Crippen LogP contribution is 2.31. The number of carbonyl (C=O) groups is 1. The van der Waals surface area contributed by atoms with Gasteiger partial charge in [0, 0.05) is 17.7 Å². The summed E-state index contributed by atoms with van der Waals surface area (Å²) >= 11 is 0. The molecule has 0 aromatic heterocycles. The monoisotopic (exact) mass is 509 g/mol. The van der Waals surface area contributed by atoms with Gasteiger partial charge in [0.15, 0.2) is 0 Å². The minimum atomic E-state index is -3.93. The van der Waals surface area contributed by atoms with E-state index < -0.39 is 10.0 Å². The number of carbonyl (C=O) groups excluding carboxylic acids is 1. The fourth-order valence-corrected chi connectivity index (χ4v) is 5.58. The Morgan fingerprint density at radius 1 is 0.917 bits per heavy atom. The molecule has 0 unspecified atom stereocenters. The number of para-hydroxylation sites is 3. The van der Waals surface area contributed by atoms with Gasteiger partial charge in [-0.15, -0.1) is 0 Å². The maximum absolute atomic E-state index is 13.1. The van der Waals surface area contributed by atoms with E-state index in [1.807, 2.05) is 24.3 Å². The van der Waals surface area contributed by atoms with E-state index in [1.165, 1.54) is 19.2 Å². The number of hydrogen-bond donors (Lipinski definition) is 2. The zero-order valence-corrected chi connectivity index (χ0v) is 21.3. The van der Waals surface area contributed by atoms with E-state index >= 15 is 0 Å². The summed E-state index contributed by atoms with van der Waals surface area (Å²) in [6, 6.07) is 20.5. The van der Waals surface area contributed by atoms with E-state index in [1.54, 1.807) is 43.5 Å². The first kappa shape index (κ1) is 25.5. The third-order valence-electron chi connectivity index (χ3n) is 6.29. The van der Waals surface area contributed by atoms with Crippen molar-refractivity contribution in [1.29, 1.82) is 0 Å². The fraction of sp³-hybridized carbons (Fsp3) is 0.296. The molecule has 1 saturated heterocycles. The van der Waals surface area contributed by atoms with E-state index in [0.29, 0.717) is 18.0 Å². The van der Waals surface area contributed by atoms with E-state index in [0.717, 1.165) is 37.2 Å². The quantitative estimate of drug-likeness (QED) is 0.428. The number of ether oxygens (including phenoxy) is 2. The Morgan fingerprint density at radius 2 is 1.58 bits per heavy atom. The van der Waals surface area contributed by atoms with Crippen LogP contribution < -0.4 is 19.5 Å². The Morgan fingerprint density at radius 3 is 2.31 bits per heavy atom. The second-order valence-corrected chi connectivity index (χ2v) is 10.2. The molecule has 1 aliphatic rings. The largest absolute Gasteiger partial charge is 0.496 e. The Bertz CT molecular complexity index is 1310. The van der Waals surface area contributed by atoms with Crippen LogP contribution in [-0.4, -0.2) is 53.1 Å². The number of hydrogen-bond acceptors (Lipinski definition) is 6. The molecule has 190 valence electrons. The lowest BCUT2D eigenvalue weighted by Gasteiger charge is -2.29. The molecular formula is C27H31N3O5S. The first-order valence-corrected chi connectivity index (χ1v) is 13.3. The molecule has 0 radical (unpaired) electrons. The summed E-state index contributed by atoms with van der Waals surface area (Å²) in [6.07, 6.45) is 2.22. The molecule has 2 N–H and O–H groups in total. The lowest BCUT2D eigenvalue weighted by atomic mass is 10.0. The number of rotatable bonds is 10. The summed E-state index contributed by atoms with van der Waals surface area (Å²) < 4.78 is 39.4. The van der Waals surface area contributed by atoms with Crippen molar-refractivity contribution in [3.05, 3.63) is 83.9 Å². The smallest absolute Gasteiger partial charge is 0.262 e. The maximum atomic E-state index is 13.1. The van der Waals surface area contributed by atoms with Crippen LogP contribution in [0.1, 0.15) is 34.8 Å². The summed E-state index contributed by atoms with van der Waals surface area (Å²) in [5.74, 6) is 0.835. The highest BCUT2D eigenvalue weighted by atomic mass is 32.2. The molecule has 0 spiro atoms. The number of methoxy groups -OCH3 is 2. The molecule has 0 saturated carbocycles. The van der Waals surface area contributed by atoms with Gasteiger partial charge in [0.2, 0.25) is 0 Å². The fourth-order valence-electron chi connectivity index (χ4n) is 4.46. The van der Waals surface area contributed by atoms with Crippen LogP contribution in [0.15, 0.2) is 77.7 Å². The molecular weight excluding hydrogens is 478 g/mol. The highest BCUT2D eigenvalue weighted by Gasteiger charge is 2.26. The number of benzene rings is 3. The number of sulfonamides is 1. The molecule has 3 aromatic rings. The summed E-state index contributed by atoms with van der Waals surface area (Å²) in [5.41, 5.74) is 1.60. The average Bonchev–Trinajstić information content (AvgIpc) is 3.44. The van der Waals surface area contributed by atoms with Gasteiger partial charge in [-0.05, 0) is 62.3 Å². The van der Waals surface area contributed by atoms with Crippen molar-refractivity contribution >= 4 is 21.6 Å². The van der Waals surface area contributed by atoms with Crippen molar-refractivity contribution in [1.82, 2.24) is 10.2 Å². The number of nitrogens with one attached hydrogen (secondary N) is 2. The minimum absolute atomic E-state index is 0.0122. The van der Waals surface area contributed by atoms with Gasteiger partial charge in [0.25, 0.3) is 15.9 Å². The normalized spacial score (nSPS) is 14.7. The lowest BCUT2D eigenvalue weighted by Crippen LogP contribution is -2.37. The second-order valence-electron chi connectivity index (χ2n) is 8.54. The van der Waals surface area contributed by atoms with E-state index in [-0.39, 0.29) is 22.4 Å². The van der Waals surface area contributed by atoms with Gasteiger partial charge in [-0.25, -0.2) is 8.42 Å². The van der Waals surface area contributed by atoms with Crippen LogP contribution in [0, 0.1) is 0 Å². The third kappa shape index (κ3) is 5.80. The Labute approximate surface area is 212 Å². The summed E-state index contributed by atoms with van der Waals surface area (Å²) in [7, 11) is -0.820. The zero-order valence-electron chi connectivity index (χ0n) is 20.4. The van der Waals surface area contributed by atoms with Crippen molar-refractivity contribution < 1.29 is 22.7 Å². The van der Waals surface area contributed by atoms with E-state index in [9.17, 15) is 13.2 Å². The van der Waals surface area contributed by atoms with Gasteiger partial charge in [0.1, 0.15) is 11.5 Å². The SMILES string of the molecule is COc1ccccc1NS(=O)(=O)c1cccc(C(=O)NC[C@H](c2ccccc2OC)N2CCCC2)c1. The second kappa shape index (κ2) is 11.5. The van der Waals surface area contributed by atoms with Crippen LogP contribution in [0.3, 0.4) is 0 Å². The number of likely N-dealkylation sites (tertiary alicyclic amines) is 1. The van der Waals surface area contributed by atoms with Crippen LogP contribution in [0.2, 0.25) is 0 Å². The molecule has 9 heteroatoms. The molecule has 0 aliphatic carbocycles. The van der Waals surface area contributed by atoms with Crippen molar-refractivity contribution in [2.45, 2.75) is 23.8 Å². The molecule has 36 heavy (non-hydrogen) atoms. The van der Waals surface area contributed by atoms with Crippen LogP contribution in [0.5, 0.6) is 11.5 Å². The molecule has 3 aromatic carbocycles. The predicted molar refractivity (Wildman–Crippen MR) is 139 cm³/mol. The number of anilines is 1. The summed E-state index contributed by atoms with van der Waals surface area (Å²) in [6.45, 7) is 2.26. The zero-order chi connectivity index (χ0) is 25.5. The first-order chi connectivity index (χ1) is 17.4. The molecule has 4 rings (SSSR count). The van der Waals surface area contributed by atoms with Crippen molar-refractivity contribution in [3.63, 3.8) is 0 Å². The standard InChI is InChI=1S/C27H31N3O5S/c1-34-25-14-5-3-12-22(25)24(30-16-7-8-17-30)19-28-27(31)20-10-9-11-21(18-20)36(32,33)29-23-13-4-6-15-26(23)35-2/h3-6,9-15,18,24,29H,7-8,16-17,19H2,1-2H3,(H,28,31)/t24-/m1/s1. The third-order valence-corrected chi connectivity index (χ3v) is 7.66. The van der Waals surface area contributed by atoms with Gasteiger partial charge in [-0.1, -0.05) is 36.4 Å². The van der Waals surface area contributed by atoms with Gasteiger partial charge in [-0.2, -0.15) is 0 Å². The van der Waals surface area contributed by atoms with E-state index in [4.69, 9.17) is 9.47 Å². The van der Waals surface area contributed by atoms with Crippen LogP contribution in [0.25, 0.3) is 0 Å². The molecule has 1 atom stereocenters. The Hall–Kier alpha value is -3.56. The van der Waals surface area contributed by atoms with Gasteiger partial charge < -0.3 is 14.8 Å². The highest BCUT2D eigenvalue weighted by molar-refractivity contribution is 7.92. The molecule has 0 bridgehead atoms. The van der Waals surface area contributed by atoms with Crippen LogP contribution in [-0.2, 0) is 10.0 Å².